The molecule has 126 valence electrons. The number of nitrogens with one attached hydrogen (secondary N) is 3. The lowest BCUT2D eigenvalue weighted by atomic mass is 9.89. The van der Waals surface area contributed by atoms with Crippen molar-refractivity contribution in [2.75, 3.05) is 10.6 Å². The van der Waals surface area contributed by atoms with Crippen LogP contribution in [0.5, 0.6) is 0 Å². The molecular formula is C16H23ClN4O2. The first-order valence-electron chi connectivity index (χ1n) is 7.81. The van der Waals surface area contributed by atoms with Crippen LogP contribution in [0.25, 0.3) is 0 Å². The van der Waals surface area contributed by atoms with Crippen molar-refractivity contribution < 1.29 is 9.59 Å². The maximum Gasteiger partial charge on any atom is 0.316 e. The number of carbonyl (C=O) groups is 2. The summed E-state index contributed by atoms with van der Waals surface area (Å²) in [5, 5.41) is 8.99. The highest BCUT2D eigenvalue weighted by molar-refractivity contribution is 5.93. The lowest BCUT2D eigenvalue weighted by Crippen LogP contribution is -2.39. The van der Waals surface area contributed by atoms with Crippen LogP contribution in [0.2, 0.25) is 0 Å². The molecule has 2 aliphatic heterocycles. The average molecular weight is 339 g/mol. The topological polar surface area (TPSA) is 96.2 Å². The molecule has 0 saturated carbocycles. The Balaban J connectivity index is 0.00000192. The van der Waals surface area contributed by atoms with E-state index in [1.807, 2.05) is 0 Å². The first-order valence-corrected chi connectivity index (χ1v) is 7.81. The van der Waals surface area contributed by atoms with Gasteiger partial charge in [-0.1, -0.05) is 6.07 Å². The van der Waals surface area contributed by atoms with Crippen LogP contribution in [0.4, 0.5) is 16.2 Å². The van der Waals surface area contributed by atoms with E-state index in [9.17, 15) is 9.59 Å². The van der Waals surface area contributed by atoms with Crippen LogP contribution in [0.3, 0.4) is 0 Å². The molecule has 7 heteroatoms. The molecule has 23 heavy (non-hydrogen) atoms. The van der Waals surface area contributed by atoms with Gasteiger partial charge in [0.25, 0.3) is 0 Å². The molecule has 2 unspecified atom stereocenters. The van der Waals surface area contributed by atoms with Crippen LogP contribution in [0, 0.1) is 5.92 Å². The summed E-state index contributed by atoms with van der Waals surface area (Å²) >= 11 is 0. The third-order valence-corrected chi connectivity index (χ3v) is 4.46. The number of rotatable bonds is 4. The summed E-state index contributed by atoms with van der Waals surface area (Å²) < 4.78 is 0. The Morgan fingerprint density at radius 3 is 2.35 bits per heavy atom. The zero-order valence-corrected chi connectivity index (χ0v) is 13.7. The molecule has 3 rings (SSSR count). The van der Waals surface area contributed by atoms with E-state index in [0.717, 1.165) is 12.8 Å². The molecule has 1 aromatic carbocycles. The van der Waals surface area contributed by atoms with E-state index >= 15 is 0 Å². The lowest BCUT2D eigenvalue weighted by Gasteiger charge is -2.28. The third-order valence-electron chi connectivity index (χ3n) is 4.46. The molecule has 5 N–H and O–H groups in total. The lowest BCUT2D eigenvalue weighted by molar-refractivity contribution is -0.117. The molecule has 0 spiro atoms. The van der Waals surface area contributed by atoms with Gasteiger partial charge in [-0.15, -0.1) is 12.4 Å². The Labute approximate surface area is 142 Å². The van der Waals surface area contributed by atoms with Crippen LogP contribution in [-0.2, 0) is 4.79 Å². The van der Waals surface area contributed by atoms with Gasteiger partial charge in [-0.2, -0.15) is 0 Å². The smallest absolute Gasteiger partial charge is 0.316 e. The quantitative estimate of drug-likeness (QED) is 0.679. The summed E-state index contributed by atoms with van der Waals surface area (Å²) in [4.78, 5) is 23.1. The van der Waals surface area contributed by atoms with Gasteiger partial charge >= 0.3 is 6.03 Å². The first kappa shape index (κ1) is 17.6. The molecule has 2 heterocycles. The molecule has 0 radical (unpaired) electrons. The van der Waals surface area contributed by atoms with E-state index in [-0.39, 0.29) is 18.3 Å². The second-order valence-electron chi connectivity index (χ2n) is 6.30. The van der Waals surface area contributed by atoms with Crippen LogP contribution >= 0.6 is 12.4 Å². The van der Waals surface area contributed by atoms with Crippen molar-refractivity contribution >= 4 is 35.7 Å². The number of amides is 3. The standard InChI is InChI=1S/C16H22N4O2.ClH/c17-16(22)20-12-3-1-2-11(9-12)19-15(21)8-10-6-13-4-5-14(7-10)18-13;/h1-3,9-10,13-14,18H,4-8H2,(H,19,21)(H3,17,20,22);1H. The SMILES string of the molecule is Cl.NC(=O)Nc1cccc(NC(=O)CC2CC3CCC(C2)N3)c1. The van der Waals surface area contributed by atoms with E-state index in [2.05, 4.69) is 16.0 Å². The number of halogens is 1. The summed E-state index contributed by atoms with van der Waals surface area (Å²) in [6, 6.07) is 7.58. The van der Waals surface area contributed by atoms with Gasteiger partial charge in [0.2, 0.25) is 5.91 Å². The summed E-state index contributed by atoms with van der Waals surface area (Å²) in [6.45, 7) is 0. The summed E-state index contributed by atoms with van der Waals surface area (Å²) in [6.07, 6.45) is 5.22. The second-order valence-corrected chi connectivity index (χ2v) is 6.30. The van der Waals surface area contributed by atoms with Crippen LogP contribution < -0.4 is 21.7 Å². The van der Waals surface area contributed by atoms with E-state index in [1.165, 1.54) is 12.8 Å². The molecule has 2 bridgehead atoms. The number of nitrogens with two attached hydrogens (primary N) is 1. The molecule has 2 atom stereocenters. The van der Waals surface area contributed by atoms with Gasteiger partial charge in [0.1, 0.15) is 0 Å². The van der Waals surface area contributed by atoms with Crippen molar-refractivity contribution in [1.29, 1.82) is 0 Å². The number of urea groups is 1. The largest absolute Gasteiger partial charge is 0.351 e. The fraction of sp³-hybridized carbons (Fsp3) is 0.500. The van der Waals surface area contributed by atoms with Crippen LogP contribution in [-0.4, -0.2) is 24.0 Å². The predicted molar refractivity (Wildman–Crippen MR) is 92.8 cm³/mol. The molecule has 2 aliphatic rings. The molecule has 2 saturated heterocycles. The zero-order valence-electron chi connectivity index (χ0n) is 12.9. The number of hydrogen-bond donors (Lipinski definition) is 4. The minimum absolute atomic E-state index is 0. The van der Waals surface area contributed by atoms with Crippen LogP contribution in [0.15, 0.2) is 24.3 Å². The minimum Gasteiger partial charge on any atom is -0.351 e. The normalized spacial score (nSPS) is 25.3. The maximum atomic E-state index is 12.2. The number of hydrogen-bond acceptors (Lipinski definition) is 3. The number of fused-ring (bicyclic) bond motifs is 2. The Bertz CT molecular complexity index is 569. The number of anilines is 2. The molecule has 6 nitrogen and oxygen atoms in total. The summed E-state index contributed by atoms with van der Waals surface area (Å²) in [5.74, 6) is 0.494. The van der Waals surface area contributed by atoms with E-state index < -0.39 is 6.03 Å². The van der Waals surface area contributed by atoms with Gasteiger partial charge in [-0.25, -0.2) is 4.79 Å². The zero-order chi connectivity index (χ0) is 15.5. The van der Waals surface area contributed by atoms with Gasteiger partial charge in [0, 0.05) is 29.9 Å². The van der Waals surface area contributed by atoms with Crippen molar-refractivity contribution in [1.82, 2.24) is 5.32 Å². The Hall–Kier alpha value is -1.79. The monoisotopic (exact) mass is 338 g/mol. The third kappa shape index (κ3) is 4.84. The first-order chi connectivity index (χ1) is 10.6. The summed E-state index contributed by atoms with van der Waals surface area (Å²) in [7, 11) is 0. The number of piperidine rings is 1. The Kier molecular flexibility index (Phi) is 5.85. The fourth-order valence-corrected chi connectivity index (χ4v) is 3.63. The van der Waals surface area contributed by atoms with Gasteiger partial charge in [-0.05, 0) is 49.8 Å². The molecular weight excluding hydrogens is 316 g/mol. The molecule has 3 amide bonds. The molecule has 0 aromatic heterocycles. The second kappa shape index (κ2) is 7.66. The van der Waals surface area contributed by atoms with Crippen LogP contribution in [0.1, 0.15) is 32.1 Å². The van der Waals surface area contributed by atoms with Crippen molar-refractivity contribution in [3.8, 4) is 0 Å². The molecule has 2 fully saturated rings. The van der Waals surface area contributed by atoms with E-state index in [4.69, 9.17) is 5.73 Å². The van der Waals surface area contributed by atoms with Crippen molar-refractivity contribution in [3.63, 3.8) is 0 Å². The number of carbonyl (C=O) groups excluding carboxylic acids is 2. The van der Waals surface area contributed by atoms with Crippen molar-refractivity contribution in [2.45, 2.75) is 44.2 Å². The highest BCUT2D eigenvalue weighted by Crippen LogP contribution is 2.32. The van der Waals surface area contributed by atoms with Crippen molar-refractivity contribution in [2.24, 2.45) is 11.7 Å². The highest BCUT2D eigenvalue weighted by atomic mass is 35.5. The Morgan fingerprint density at radius 1 is 1.13 bits per heavy atom. The van der Waals surface area contributed by atoms with E-state index in [1.54, 1.807) is 24.3 Å². The van der Waals surface area contributed by atoms with E-state index in [0.29, 0.717) is 35.8 Å². The predicted octanol–water partition coefficient (Wildman–Crippen LogP) is 2.46. The minimum atomic E-state index is -0.617. The van der Waals surface area contributed by atoms with Crippen molar-refractivity contribution in [3.05, 3.63) is 24.3 Å². The summed E-state index contributed by atoms with van der Waals surface area (Å²) in [5.41, 5.74) is 6.34. The molecule has 1 aromatic rings. The van der Waals surface area contributed by atoms with Gasteiger partial charge in [0.15, 0.2) is 0 Å². The maximum absolute atomic E-state index is 12.2. The van der Waals surface area contributed by atoms with Gasteiger partial charge in [0.05, 0.1) is 0 Å². The van der Waals surface area contributed by atoms with Gasteiger partial charge < -0.3 is 21.7 Å². The van der Waals surface area contributed by atoms with Gasteiger partial charge in [-0.3, -0.25) is 4.79 Å². The number of primary amides is 1. The average Bonchev–Trinajstić information content (AvgIpc) is 2.77. The number of benzene rings is 1. The highest BCUT2D eigenvalue weighted by Gasteiger charge is 2.34. The fourth-order valence-electron chi connectivity index (χ4n) is 3.63. The molecule has 0 aliphatic carbocycles. The Morgan fingerprint density at radius 2 is 1.74 bits per heavy atom.